The lowest BCUT2D eigenvalue weighted by Crippen LogP contribution is -2.34. The Balaban J connectivity index is 1.80. The number of rotatable bonds is 3. The summed E-state index contributed by atoms with van der Waals surface area (Å²) >= 11 is 0. The maximum absolute atomic E-state index is 12.3. The summed E-state index contributed by atoms with van der Waals surface area (Å²) in [5, 5.41) is 23.7. The van der Waals surface area contributed by atoms with Gasteiger partial charge in [0.25, 0.3) is 5.91 Å². The molecule has 3 rings (SSSR count). The van der Waals surface area contributed by atoms with Gasteiger partial charge in [0.05, 0.1) is 0 Å². The summed E-state index contributed by atoms with van der Waals surface area (Å²) in [5.41, 5.74) is 1.23. The molecule has 3 amide bonds. The molecule has 26 heavy (non-hydrogen) atoms. The molecule has 0 radical (unpaired) electrons. The molecule has 3 aromatic carbocycles. The smallest absolute Gasteiger partial charge is 0.326 e. The molecule has 130 valence electrons. The Labute approximate surface area is 149 Å². The van der Waals surface area contributed by atoms with Crippen LogP contribution < -0.4 is 10.6 Å². The second kappa shape index (κ2) is 7.43. The summed E-state index contributed by atoms with van der Waals surface area (Å²) in [6.45, 7) is 0. The number of benzene rings is 3. The Morgan fingerprint density at radius 3 is 2.50 bits per heavy atom. The number of fused-ring (bicyclic) bond motifs is 1. The number of carbonyl (C=O) groups is 2. The zero-order valence-electron chi connectivity index (χ0n) is 13.9. The number of hydrogen-bond donors (Lipinski definition) is 3. The number of aromatic hydroxyl groups is 1. The van der Waals surface area contributed by atoms with Crippen molar-refractivity contribution in [3.05, 3.63) is 66.2 Å². The maximum atomic E-state index is 12.3. The third-order valence-electron chi connectivity index (χ3n) is 3.69. The molecule has 0 heterocycles. The highest BCUT2D eigenvalue weighted by Crippen LogP contribution is 2.35. The van der Waals surface area contributed by atoms with Crippen LogP contribution in [0.15, 0.2) is 70.9 Å². The van der Waals surface area contributed by atoms with E-state index in [0.717, 1.165) is 0 Å². The highest BCUT2D eigenvalue weighted by atomic mass is 16.3. The highest BCUT2D eigenvalue weighted by molar-refractivity contribution is 6.10. The molecule has 0 unspecified atom stereocenters. The van der Waals surface area contributed by atoms with Crippen molar-refractivity contribution in [3.8, 4) is 5.75 Å². The summed E-state index contributed by atoms with van der Waals surface area (Å²) < 4.78 is 0. The van der Waals surface area contributed by atoms with Crippen LogP contribution in [0.5, 0.6) is 5.75 Å². The number of imide groups is 1. The van der Waals surface area contributed by atoms with E-state index in [1.807, 2.05) is 6.07 Å². The van der Waals surface area contributed by atoms with Crippen molar-refractivity contribution in [2.45, 2.75) is 0 Å². The van der Waals surface area contributed by atoms with E-state index < -0.39 is 11.9 Å². The van der Waals surface area contributed by atoms with E-state index in [9.17, 15) is 14.7 Å². The van der Waals surface area contributed by atoms with E-state index >= 15 is 0 Å². The minimum atomic E-state index is -0.618. The first-order chi connectivity index (χ1) is 12.6. The lowest BCUT2D eigenvalue weighted by Gasteiger charge is -2.08. The van der Waals surface area contributed by atoms with Crippen molar-refractivity contribution in [1.82, 2.24) is 5.32 Å². The Bertz CT molecular complexity index is 1000. The predicted molar refractivity (Wildman–Crippen MR) is 99.0 cm³/mol. The van der Waals surface area contributed by atoms with Crippen molar-refractivity contribution in [2.24, 2.45) is 10.2 Å². The number of azo groups is 1. The number of amides is 3. The molecular formula is C19H16N4O3. The fourth-order valence-electron chi connectivity index (χ4n) is 2.51. The normalized spacial score (nSPS) is 10.8. The van der Waals surface area contributed by atoms with Crippen LogP contribution in [0.3, 0.4) is 0 Å². The van der Waals surface area contributed by atoms with Crippen LogP contribution in [-0.4, -0.2) is 24.1 Å². The number of nitrogens with one attached hydrogen (secondary N) is 2. The molecule has 0 aliphatic carbocycles. The summed E-state index contributed by atoms with van der Waals surface area (Å²) in [7, 11) is 1.51. The van der Waals surface area contributed by atoms with Gasteiger partial charge in [-0.3, -0.25) is 10.1 Å². The Morgan fingerprint density at radius 2 is 1.77 bits per heavy atom. The maximum Gasteiger partial charge on any atom is 0.326 e. The largest absolute Gasteiger partial charge is 0.506 e. The van der Waals surface area contributed by atoms with E-state index in [1.54, 1.807) is 48.5 Å². The van der Waals surface area contributed by atoms with Gasteiger partial charge >= 0.3 is 6.03 Å². The first kappa shape index (κ1) is 17.1. The van der Waals surface area contributed by atoms with Gasteiger partial charge < -0.3 is 10.4 Å². The molecule has 0 saturated heterocycles. The Morgan fingerprint density at radius 1 is 1.00 bits per heavy atom. The fourth-order valence-corrected chi connectivity index (χ4v) is 2.51. The number of carbonyl (C=O) groups excluding carboxylic acids is 2. The summed E-state index contributed by atoms with van der Waals surface area (Å²) in [6, 6.07) is 16.2. The third kappa shape index (κ3) is 3.67. The molecule has 0 aliphatic heterocycles. The molecule has 0 fully saturated rings. The number of phenolic OH excluding ortho intramolecular Hbond substituents is 1. The topological polar surface area (TPSA) is 103 Å². The predicted octanol–water partition coefficient (Wildman–Crippen LogP) is 4.22. The SMILES string of the molecule is CN=Nc1c(O)ccc2cc(C(=O)NC(=O)Nc3ccccc3)ccc12. The van der Waals surface area contributed by atoms with Crippen molar-refractivity contribution in [3.63, 3.8) is 0 Å². The van der Waals surface area contributed by atoms with E-state index in [2.05, 4.69) is 20.9 Å². The molecule has 0 bridgehead atoms. The van der Waals surface area contributed by atoms with Crippen molar-refractivity contribution in [1.29, 1.82) is 0 Å². The van der Waals surface area contributed by atoms with Crippen molar-refractivity contribution < 1.29 is 14.7 Å². The molecular weight excluding hydrogens is 332 g/mol. The Hall–Kier alpha value is -3.74. The molecule has 7 nitrogen and oxygen atoms in total. The third-order valence-corrected chi connectivity index (χ3v) is 3.69. The minimum absolute atomic E-state index is 0.00235. The number of nitrogens with zero attached hydrogens (tertiary/aromatic N) is 2. The first-order valence-electron chi connectivity index (χ1n) is 7.81. The quantitative estimate of drug-likeness (QED) is 0.617. The second-order valence-electron chi connectivity index (χ2n) is 5.44. The van der Waals surface area contributed by atoms with Gasteiger partial charge in [-0.1, -0.05) is 30.3 Å². The lowest BCUT2D eigenvalue weighted by molar-refractivity contribution is 0.0967. The van der Waals surface area contributed by atoms with Crippen LogP contribution in [-0.2, 0) is 0 Å². The number of hydrogen-bond acceptors (Lipinski definition) is 5. The van der Waals surface area contributed by atoms with Gasteiger partial charge in [0.15, 0.2) is 0 Å². The van der Waals surface area contributed by atoms with Crippen molar-refractivity contribution in [2.75, 3.05) is 12.4 Å². The number of para-hydroxylation sites is 1. The van der Waals surface area contributed by atoms with Crippen LogP contribution >= 0.6 is 0 Å². The minimum Gasteiger partial charge on any atom is -0.506 e. The fraction of sp³-hybridized carbons (Fsp3) is 0.0526. The molecule has 0 saturated carbocycles. The summed E-state index contributed by atoms with van der Waals surface area (Å²) in [6.07, 6.45) is 0. The van der Waals surface area contributed by atoms with Crippen LogP contribution in [0.4, 0.5) is 16.2 Å². The molecule has 0 spiro atoms. The summed E-state index contributed by atoms with van der Waals surface area (Å²) in [5.74, 6) is -0.533. The van der Waals surface area contributed by atoms with E-state index in [-0.39, 0.29) is 5.75 Å². The van der Waals surface area contributed by atoms with E-state index in [1.165, 1.54) is 13.1 Å². The first-order valence-corrected chi connectivity index (χ1v) is 7.81. The molecule has 7 heteroatoms. The molecule has 0 atom stereocenters. The molecule has 0 aromatic heterocycles. The van der Waals surface area contributed by atoms with Gasteiger partial charge in [-0.05, 0) is 35.7 Å². The van der Waals surface area contributed by atoms with Crippen LogP contribution in [0.2, 0.25) is 0 Å². The van der Waals surface area contributed by atoms with E-state index in [0.29, 0.717) is 27.7 Å². The van der Waals surface area contributed by atoms with Gasteiger partial charge in [0.2, 0.25) is 0 Å². The average molecular weight is 348 g/mol. The number of anilines is 1. The van der Waals surface area contributed by atoms with Crippen molar-refractivity contribution >= 4 is 34.1 Å². The molecule has 3 aromatic rings. The molecule has 3 N–H and O–H groups in total. The zero-order valence-corrected chi connectivity index (χ0v) is 13.9. The monoisotopic (exact) mass is 348 g/mol. The van der Waals surface area contributed by atoms with Gasteiger partial charge in [-0.2, -0.15) is 10.2 Å². The molecule has 0 aliphatic rings. The average Bonchev–Trinajstić information content (AvgIpc) is 2.64. The Kier molecular flexibility index (Phi) is 4.89. The summed E-state index contributed by atoms with van der Waals surface area (Å²) in [4.78, 5) is 24.2. The van der Waals surface area contributed by atoms with Crippen LogP contribution in [0, 0.1) is 0 Å². The van der Waals surface area contributed by atoms with Gasteiger partial charge in [-0.25, -0.2) is 4.79 Å². The van der Waals surface area contributed by atoms with Crippen LogP contribution in [0.25, 0.3) is 10.8 Å². The number of phenols is 1. The van der Waals surface area contributed by atoms with E-state index in [4.69, 9.17) is 0 Å². The number of urea groups is 1. The zero-order chi connectivity index (χ0) is 18.5. The highest BCUT2D eigenvalue weighted by Gasteiger charge is 2.13. The van der Waals surface area contributed by atoms with Gasteiger partial charge in [-0.15, -0.1) is 0 Å². The lowest BCUT2D eigenvalue weighted by atomic mass is 10.0. The van der Waals surface area contributed by atoms with Gasteiger partial charge in [0.1, 0.15) is 11.4 Å². The van der Waals surface area contributed by atoms with Crippen LogP contribution in [0.1, 0.15) is 10.4 Å². The van der Waals surface area contributed by atoms with Gasteiger partial charge in [0, 0.05) is 23.7 Å². The second-order valence-corrected chi connectivity index (χ2v) is 5.44. The standard InChI is InChI=1S/C19H16N4O3/c1-20-23-17-15-9-7-13(11-12(15)8-10-16(17)24)18(25)22-19(26)21-14-5-3-2-4-6-14/h2-11,24H,1H3,(H2,21,22,25,26).